The molecular formula is C16H14O5. The fourth-order valence-electron chi connectivity index (χ4n) is 2.41. The molecule has 2 aromatic carbocycles. The lowest BCUT2D eigenvalue weighted by atomic mass is 10.1. The van der Waals surface area contributed by atoms with Crippen LogP contribution in [0, 0.1) is 0 Å². The maximum absolute atomic E-state index is 12.2. The van der Waals surface area contributed by atoms with E-state index in [0.717, 1.165) is 10.8 Å². The Balaban J connectivity index is 2.48. The molecule has 3 rings (SSSR count). The van der Waals surface area contributed by atoms with Gasteiger partial charge in [-0.3, -0.25) is 0 Å². The van der Waals surface area contributed by atoms with Crippen molar-refractivity contribution in [1.82, 2.24) is 0 Å². The summed E-state index contributed by atoms with van der Waals surface area (Å²) in [5.74, 6) is 1.53. The Morgan fingerprint density at radius 1 is 0.857 bits per heavy atom. The number of methoxy groups -OCH3 is 3. The molecule has 5 heteroatoms. The molecule has 0 amide bonds. The highest BCUT2D eigenvalue weighted by Crippen LogP contribution is 2.37. The molecule has 0 N–H and O–H groups in total. The predicted octanol–water partition coefficient (Wildman–Crippen LogP) is 2.97. The van der Waals surface area contributed by atoms with Crippen molar-refractivity contribution in [1.29, 1.82) is 0 Å². The van der Waals surface area contributed by atoms with E-state index in [-0.39, 0.29) is 0 Å². The summed E-state index contributed by atoms with van der Waals surface area (Å²) in [5, 5.41) is 2.03. The van der Waals surface area contributed by atoms with E-state index in [1.54, 1.807) is 25.3 Å². The third kappa shape index (κ3) is 1.98. The van der Waals surface area contributed by atoms with E-state index in [4.69, 9.17) is 18.6 Å². The second-order valence-electron chi connectivity index (χ2n) is 4.48. The number of rotatable bonds is 3. The van der Waals surface area contributed by atoms with Crippen LogP contribution in [0.15, 0.2) is 39.5 Å². The van der Waals surface area contributed by atoms with Gasteiger partial charge in [-0.25, -0.2) is 4.79 Å². The first-order chi connectivity index (χ1) is 10.2. The summed E-state index contributed by atoms with van der Waals surface area (Å²) >= 11 is 0. The standard InChI is InChI=1S/C16H14O5/c1-18-9-4-5-10-11-6-7-13(19-2)15(20-3)14(11)21-16(17)12(10)8-9/h4-8H,1-3H3. The molecule has 21 heavy (non-hydrogen) atoms. The van der Waals surface area contributed by atoms with Gasteiger partial charge < -0.3 is 18.6 Å². The largest absolute Gasteiger partial charge is 0.497 e. The highest BCUT2D eigenvalue weighted by molar-refractivity contribution is 6.07. The van der Waals surface area contributed by atoms with Gasteiger partial charge in [0.25, 0.3) is 0 Å². The second kappa shape index (κ2) is 5.01. The van der Waals surface area contributed by atoms with Crippen molar-refractivity contribution < 1.29 is 18.6 Å². The molecule has 0 unspecified atom stereocenters. The summed E-state index contributed by atoms with van der Waals surface area (Å²) in [5.41, 5.74) is -0.0672. The van der Waals surface area contributed by atoms with Gasteiger partial charge in [0.2, 0.25) is 5.75 Å². The average molecular weight is 286 g/mol. The third-order valence-corrected chi connectivity index (χ3v) is 3.43. The molecule has 0 aliphatic heterocycles. The minimum Gasteiger partial charge on any atom is -0.497 e. The van der Waals surface area contributed by atoms with Gasteiger partial charge in [-0.15, -0.1) is 0 Å². The van der Waals surface area contributed by atoms with Crippen molar-refractivity contribution in [3.63, 3.8) is 0 Å². The fourth-order valence-corrected chi connectivity index (χ4v) is 2.41. The van der Waals surface area contributed by atoms with Crippen molar-refractivity contribution in [3.05, 3.63) is 40.8 Å². The molecule has 5 nitrogen and oxygen atoms in total. The van der Waals surface area contributed by atoms with Crippen LogP contribution in [0.25, 0.3) is 21.7 Å². The van der Waals surface area contributed by atoms with Crippen molar-refractivity contribution in [3.8, 4) is 17.2 Å². The second-order valence-corrected chi connectivity index (χ2v) is 4.48. The molecule has 1 aromatic heterocycles. The van der Waals surface area contributed by atoms with E-state index in [0.29, 0.717) is 28.2 Å². The maximum Gasteiger partial charge on any atom is 0.344 e. The van der Waals surface area contributed by atoms with Crippen LogP contribution in [0.1, 0.15) is 0 Å². The van der Waals surface area contributed by atoms with E-state index < -0.39 is 5.63 Å². The van der Waals surface area contributed by atoms with E-state index in [2.05, 4.69) is 0 Å². The van der Waals surface area contributed by atoms with Crippen LogP contribution < -0.4 is 19.8 Å². The van der Waals surface area contributed by atoms with Gasteiger partial charge in [0.1, 0.15) is 5.75 Å². The van der Waals surface area contributed by atoms with Crippen LogP contribution in [0.5, 0.6) is 17.2 Å². The summed E-state index contributed by atoms with van der Waals surface area (Å²) in [6.07, 6.45) is 0. The minimum atomic E-state index is -0.442. The summed E-state index contributed by atoms with van der Waals surface area (Å²) in [6.45, 7) is 0. The molecule has 3 aromatic rings. The predicted molar refractivity (Wildman–Crippen MR) is 79.6 cm³/mol. The van der Waals surface area contributed by atoms with E-state index >= 15 is 0 Å². The number of fused-ring (bicyclic) bond motifs is 3. The smallest absolute Gasteiger partial charge is 0.344 e. The zero-order chi connectivity index (χ0) is 15.0. The van der Waals surface area contributed by atoms with Crippen molar-refractivity contribution in [2.24, 2.45) is 0 Å². The van der Waals surface area contributed by atoms with Gasteiger partial charge in [-0.05, 0) is 30.3 Å². The molecule has 0 atom stereocenters. The summed E-state index contributed by atoms with van der Waals surface area (Å²) in [4.78, 5) is 12.2. The lowest BCUT2D eigenvalue weighted by Crippen LogP contribution is -2.02. The Morgan fingerprint density at radius 3 is 2.29 bits per heavy atom. The Bertz CT molecular complexity index is 879. The average Bonchev–Trinajstić information content (AvgIpc) is 2.53. The fraction of sp³-hybridized carbons (Fsp3) is 0.188. The van der Waals surface area contributed by atoms with Crippen molar-refractivity contribution >= 4 is 21.7 Å². The molecule has 0 bridgehead atoms. The van der Waals surface area contributed by atoms with Gasteiger partial charge in [0, 0.05) is 10.8 Å². The van der Waals surface area contributed by atoms with Gasteiger partial charge in [0.05, 0.1) is 26.7 Å². The molecule has 0 saturated carbocycles. The zero-order valence-corrected chi connectivity index (χ0v) is 11.9. The number of ether oxygens (including phenoxy) is 3. The molecule has 108 valence electrons. The van der Waals surface area contributed by atoms with E-state index in [9.17, 15) is 4.79 Å². The van der Waals surface area contributed by atoms with Gasteiger partial charge >= 0.3 is 5.63 Å². The van der Waals surface area contributed by atoms with Crippen LogP contribution in [0.3, 0.4) is 0 Å². The van der Waals surface area contributed by atoms with Crippen LogP contribution in [-0.2, 0) is 0 Å². The molecule has 0 spiro atoms. The first-order valence-electron chi connectivity index (χ1n) is 6.35. The molecule has 1 heterocycles. The monoisotopic (exact) mass is 286 g/mol. The van der Waals surface area contributed by atoms with Gasteiger partial charge in [0.15, 0.2) is 11.3 Å². The lowest BCUT2D eigenvalue weighted by molar-refractivity contribution is 0.352. The first-order valence-corrected chi connectivity index (χ1v) is 6.35. The third-order valence-electron chi connectivity index (χ3n) is 3.43. The van der Waals surface area contributed by atoms with Crippen LogP contribution in [0.2, 0.25) is 0 Å². The molecule has 0 saturated heterocycles. The van der Waals surface area contributed by atoms with Crippen molar-refractivity contribution in [2.45, 2.75) is 0 Å². The first kappa shape index (κ1) is 13.3. The Labute approximate surface area is 120 Å². The Morgan fingerprint density at radius 2 is 1.62 bits per heavy atom. The van der Waals surface area contributed by atoms with Crippen LogP contribution in [-0.4, -0.2) is 21.3 Å². The molecule has 0 aliphatic rings. The molecular weight excluding hydrogens is 272 g/mol. The van der Waals surface area contributed by atoms with Crippen molar-refractivity contribution in [2.75, 3.05) is 21.3 Å². The van der Waals surface area contributed by atoms with Crippen LogP contribution in [0.4, 0.5) is 0 Å². The van der Waals surface area contributed by atoms with E-state index in [1.807, 2.05) is 12.1 Å². The molecule has 0 aliphatic carbocycles. The quantitative estimate of drug-likeness (QED) is 0.547. The lowest BCUT2D eigenvalue weighted by Gasteiger charge is -2.11. The van der Waals surface area contributed by atoms with Gasteiger partial charge in [-0.2, -0.15) is 0 Å². The summed E-state index contributed by atoms with van der Waals surface area (Å²) in [6, 6.07) is 8.92. The summed E-state index contributed by atoms with van der Waals surface area (Å²) in [7, 11) is 4.60. The topological polar surface area (TPSA) is 57.9 Å². The SMILES string of the molecule is COc1ccc2c(c1)c(=O)oc1c(OC)c(OC)ccc12. The van der Waals surface area contributed by atoms with E-state index in [1.165, 1.54) is 14.2 Å². The molecule has 0 fully saturated rings. The summed E-state index contributed by atoms with van der Waals surface area (Å²) < 4.78 is 21.1. The Hall–Kier alpha value is -2.69. The minimum absolute atomic E-state index is 0.375. The highest BCUT2D eigenvalue weighted by Gasteiger charge is 2.15. The molecule has 0 radical (unpaired) electrons. The van der Waals surface area contributed by atoms with Crippen LogP contribution >= 0.6 is 0 Å². The number of hydrogen-bond donors (Lipinski definition) is 0. The zero-order valence-electron chi connectivity index (χ0n) is 11.9. The number of hydrogen-bond acceptors (Lipinski definition) is 5. The normalized spacial score (nSPS) is 10.8. The maximum atomic E-state index is 12.2. The number of benzene rings is 2. The Kier molecular flexibility index (Phi) is 3.17. The highest BCUT2D eigenvalue weighted by atomic mass is 16.5. The van der Waals surface area contributed by atoms with Gasteiger partial charge in [-0.1, -0.05) is 0 Å².